The van der Waals surface area contributed by atoms with E-state index in [9.17, 15) is 9.18 Å². The Bertz CT molecular complexity index is 318. The molecule has 0 bridgehead atoms. The van der Waals surface area contributed by atoms with Crippen LogP contribution in [0.2, 0.25) is 5.02 Å². The third-order valence-corrected chi connectivity index (χ3v) is 1.97. The van der Waals surface area contributed by atoms with Crippen LogP contribution in [-0.2, 0) is 4.79 Å². The van der Waals surface area contributed by atoms with Crippen LogP contribution in [0.1, 0.15) is 18.4 Å². The molecule has 0 heterocycles. The fourth-order valence-electron chi connectivity index (χ4n) is 0.968. The number of carbonyl (C=O) groups is 1. The Morgan fingerprint density at radius 3 is 2.62 bits per heavy atom. The van der Waals surface area contributed by atoms with Crippen LogP contribution < -0.4 is 0 Å². The van der Waals surface area contributed by atoms with E-state index in [2.05, 4.69) is 0 Å². The molecule has 0 amide bonds. The zero-order chi connectivity index (χ0) is 10.0. The van der Waals surface area contributed by atoms with Gasteiger partial charge < -0.3 is 5.11 Å². The largest absolute Gasteiger partial charge is 0.481 e. The van der Waals surface area contributed by atoms with Crippen molar-refractivity contribution in [3.05, 3.63) is 34.6 Å². The number of hydrogen-bond donors (Lipinski definition) is 1. The fraction of sp³-hybridized carbons (Fsp3) is 0.222. The lowest BCUT2D eigenvalue weighted by Crippen LogP contribution is -2.07. The fourth-order valence-corrected chi connectivity index (χ4v) is 1.20. The molecule has 0 aliphatic rings. The lowest BCUT2D eigenvalue weighted by molar-refractivity contribution is -0.138. The summed E-state index contributed by atoms with van der Waals surface area (Å²) in [5.74, 6) is -2.26. The van der Waals surface area contributed by atoms with Gasteiger partial charge in [-0.15, -0.1) is 0 Å². The Morgan fingerprint density at radius 1 is 1.54 bits per heavy atom. The number of halogens is 2. The molecule has 0 fully saturated rings. The quantitative estimate of drug-likeness (QED) is 0.801. The van der Waals surface area contributed by atoms with Crippen LogP contribution >= 0.6 is 11.6 Å². The highest BCUT2D eigenvalue weighted by Crippen LogP contribution is 2.21. The Hall–Kier alpha value is -1.09. The first-order valence-corrected chi connectivity index (χ1v) is 4.07. The topological polar surface area (TPSA) is 37.3 Å². The molecule has 1 atom stereocenters. The molecule has 4 heteroatoms. The van der Waals surface area contributed by atoms with Crippen molar-refractivity contribution in [2.45, 2.75) is 12.8 Å². The minimum atomic E-state index is -0.998. The Kier molecular flexibility index (Phi) is 2.88. The summed E-state index contributed by atoms with van der Waals surface area (Å²) in [4.78, 5) is 10.6. The van der Waals surface area contributed by atoms with Crippen molar-refractivity contribution in [2.75, 3.05) is 0 Å². The summed E-state index contributed by atoms with van der Waals surface area (Å²) < 4.78 is 12.8. The Morgan fingerprint density at radius 2 is 2.15 bits per heavy atom. The molecule has 70 valence electrons. The third-order valence-electron chi connectivity index (χ3n) is 1.76. The highest BCUT2D eigenvalue weighted by molar-refractivity contribution is 6.30. The Balaban J connectivity index is 3.07. The molecule has 0 unspecified atom stereocenters. The van der Waals surface area contributed by atoms with E-state index in [1.54, 1.807) is 0 Å². The average Bonchev–Trinajstić information content (AvgIpc) is 2.01. The molecule has 0 aliphatic heterocycles. The van der Waals surface area contributed by atoms with Gasteiger partial charge >= 0.3 is 5.97 Å². The predicted octanol–water partition coefficient (Wildman–Crippen LogP) is 2.67. The zero-order valence-corrected chi connectivity index (χ0v) is 7.68. The third kappa shape index (κ3) is 2.42. The van der Waals surface area contributed by atoms with Gasteiger partial charge in [0.1, 0.15) is 5.82 Å². The van der Waals surface area contributed by atoms with E-state index in [4.69, 9.17) is 16.7 Å². The first-order valence-electron chi connectivity index (χ1n) is 3.69. The smallest absolute Gasteiger partial charge is 0.310 e. The van der Waals surface area contributed by atoms with Crippen molar-refractivity contribution < 1.29 is 14.3 Å². The molecule has 1 rings (SSSR count). The second kappa shape index (κ2) is 3.75. The maximum Gasteiger partial charge on any atom is 0.310 e. The van der Waals surface area contributed by atoms with E-state index in [-0.39, 0.29) is 5.02 Å². The molecular formula is C9H8ClFO2. The van der Waals surface area contributed by atoms with E-state index in [0.29, 0.717) is 5.56 Å². The molecule has 1 aromatic carbocycles. The van der Waals surface area contributed by atoms with Gasteiger partial charge in [-0.1, -0.05) is 11.6 Å². The summed E-state index contributed by atoms with van der Waals surface area (Å²) in [5.41, 5.74) is 0.373. The van der Waals surface area contributed by atoms with Crippen LogP contribution in [-0.4, -0.2) is 11.1 Å². The molecule has 13 heavy (non-hydrogen) atoms. The highest BCUT2D eigenvalue weighted by Gasteiger charge is 2.14. The molecule has 0 saturated carbocycles. The van der Waals surface area contributed by atoms with Gasteiger partial charge in [-0.05, 0) is 30.7 Å². The lowest BCUT2D eigenvalue weighted by atomic mass is 10.0. The van der Waals surface area contributed by atoms with E-state index >= 15 is 0 Å². The second-order valence-corrected chi connectivity index (χ2v) is 3.20. The van der Waals surface area contributed by atoms with Crippen LogP contribution in [0.4, 0.5) is 4.39 Å². The molecule has 1 N–H and O–H groups in total. The molecule has 0 aromatic heterocycles. The molecule has 0 aliphatic carbocycles. The predicted molar refractivity (Wildman–Crippen MR) is 47.5 cm³/mol. The van der Waals surface area contributed by atoms with Crippen molar-refractivity contribution in [2.24, 2.45) is 0 Å². The van der Waals surface area contributed by atoms with E-state index < -0.39 is 17.7 Å². The highest BCUT2D eigenvalue weighted by atomic mass is 35.5. The zero-order valence-electron chi connectivity index (χ0n) is 6.92. The maximum absolute atomic E-state index is 12.8. The van der Waals surface area contributed by atoms with Gasteiger partial charge in [-0.3, -0.25) is 4.79 Å². The lowest BCUT2D eigenvalue weighted by Gasteiger charge is -2.06. The average molecular weight is 203 g/mol. The molecule has 2 nitrogen and oxygen atoms in total. The molecule has 0 spiro atoms. The second-order valence-electron chi connectivity index (χ2n) is 2.76. The number of rotatable bonds is 2. The summed E-state index contributed by atoms with van der Waals surface area (Å²) >= 11 is 5.57. The van der Waals surface area contributed by atoms with Crippen LogP contribution in [0.15, 0.2) is 18.2 Å². The molecule has 1 aromatic rings. The summed E-state index contributed by atoms with van der Waals surface area (Å²) in [6.07, 6.45) is 0. The molecule has 0 saturated heterocycles. The van der Waals surface area contributed by atoms with Crippen LogP contribution in [0, 0.1) is 5.82 Å². The number of benzene rings is 1. The van der Waals surface area contributed by atoms with E-state index in [0.717, 1.165) is 6.07 Å². The Labute approximate surface area is 80.0 Å². The summed E-state index contributed by atoms with van der Waals surface area (Å²) in [6, 6.07) is 3.76. The van der Waals surface area contributed by atoms with Crippen molar-refractivity contribution in [3.8, 4) is 0 Å². The van der Waals surface area contributed by atoms with Gasteiger partial charge in [0.15, 0.2) is 0 Å². The molecule has 0 radical (unpaired) electrons. The SMILES string of the molecule is C[C@H](C(=O)O)c1cc(F)cc(Cl)c1. The van der Waals surface area contributed by atoms with Gasteiger partial charge in [0.05, 0.1) is 5.92 Å². The number of carboxylic acids is 1. The van der Waals surface area contributed by atoms with Crippen molar-refractivity contribution >= 4 is 17.6 Å². The summed E-state index contributed by atoms with van der Waals surface area (Å²) in [7, 11) is 0. The van der Waals surface area contributed by atoms with Crippen molar-refractivity contribution in [1.29, 1.82) is 0 Å². The minimum absolute atomic E-state index is 0.211. The van der Waals surface area contributed by atoms with E-state index in [1.165, 1.54) is 19.1 Å². The van der Waals surface area contributed by atoms with Gasteiger partial charge in [-0.25, -0.2) is 4.39 Å². The van der Waals surface area contributed by atoms with Gasteiger partial charge in [-0.2, -0.15) is 0 Å². The molecular weight excluding hydrogens is 195 g/mol. The standard InChI is InChI=1S/C9H8ClFO2/c1-5(9(12)13)6-2-7(10)4-8(11)3-6/h2-5H,1H3,(H,12,13)/t5-/m0/s1. The van der Waals surface area contributed by atoms with Gasteiger partial charge in [0.2, 0.25) is 0 Å². The van der Waals surface area contributed by atoms with Crippen LogP contribution in [0.25, 0.3) is 0 Å². The van der Waals surface area contributed by atoms with Crippen LogP contribution in [0.3, 0.4) is 0 Å². The van der Waals surface area contributed by atoms with Gasteiger partial charge in [0.25, 0.3) is 0 Å². The van der Waals surface area contributed by atoms with Crippen molar-refractivity contribution in [1.82, 2.24) is 0 Å². The van der Waals surface area contributed by atoms with Gasteiger partial charge in [0, 0.05) is 5.02 Å². The maximum atomic E-state index is 12.8. The normalized spacial score (nSPS) is 12.5. The van der Waals surface area contributed by atoms with E-state index in [1.807, 2.05) is 0 Å². The first-order chi connectivity index (χ1) is 6.00. The summed E-state index contributed by atoms with van der Waals surface area (Å²) in [6.45, 7) is 1.48. The van der Waals surface area contributed by atoms with Crippen LogP contribution in [0.5, 0.6) is 0 Å². The number of aliphatic carboxylic acids is 1. The minimum Gasteiger partial charge on any atom is -0.481 e. The van der Waals surface area contributed by atoms with Crippen molar-refractivity contribution in [3.63, 3.8) is 0 Å². The number of hydrogen-bond acceptors (Lipinski definition) is 1. The summed E-state index contributed by atoms with van der Waals surface area (Å²) in [5, 5.41) is 8.86. The first kappa shape index (κ1) is 9.99. The number of carboxylic acid groups (broad SMARTS) is 1. The monoisotopic (exact) mass is 202 g/mol.